The summed E-state index contributed by atoms with van der Waals surface area (Å²) in [5.41, 5.74) is 8.07. The second-order valence-electron chi connectivity index (χ2n) is 7.03. The number of rotatable bonds is 3. The lowest BCUT2D eigenvalue weighted by Gasteiger charge is -2.30. The van der Waals surface area contributed by atoms with Gasteiger partial charge in [0.1, 0.15) is 11.6 Å². The van der Waals surface area contributed by atoms with Crippen molar-refractivity contribution in [2.45, 2.75) is 19.3 Å². The average Bonchev–Trinajstić information content (AvgIpc) is 2.70. The number of hydrogen-bond acceptors (Lipinski definition) is 7. The molecule has 9 nitrogen and oxygen atoms in total. The zero-order valence-electron chi connectivity index (χ0n) is 15.9. The van der Waals surface area contributed by atoms with Crippen molar-refractivity contribution in [3.05, 3.63) is 34.3 Å². The van der Waals surface area contributed by atoms with Gasteiger partial charge in [0.05, 0.1) is 24.7 Å². The number of carbonyl (C=O) groups is 2. The number of aryl methyl sites for hydroxylation is 1. The fourth-order valence-corrected chi connectivity index (χ4v) is 3.59. The topological polar surface area (TPSA) is 122 Å². The van der Waals surface area contributed by atoms with E-state index in [1.165, 1.54) is 0 Å². The Labute approximate surface area is 172 Å². The van der Waals surface area contributed by atoms with Gasteiger partial charge in [0.2, 0.25) is 17.8 Å². The van der Waals surface area contributed by atoms with Crippen LogP contribution in [0.3, 0.4) is 0 Å². The summed E-state index contributed by atoms with van der Waals surface area (Å²) < 4.78 is 5.34. The molecule has 29 heavy (non-hydrogen) atoms. The summed E-state index contributed by atoms with van der Waals surface area (Å²) in [6.45, 7) is 4.27. The van der Waals surface area contributed by atoms with Crippen LogP contribution in [-0.2, 0) is 14.3 Å². The molecule has 0 spiro atoms. The highest BCUT2D eigenvalue weighted by Gasteiger charge is 2.35. The number of benzene rings is 1. The number of amides is 2. The maximum atomic E-state index is 12.9. The molecule has 3 heterocycles. The first-order valence-corrected chi connectivity index (χ1v) is 9.67. The Balaban J connectivity index is 1.63. The number of nitrogens with two attached hydrogens (primary N) is 1. The van der Waals surface area contributed by atoms with Crippen LogP contribution in [0.1, 0.15) is 23.5 Å². The van der Waals surface area contributed by atoms with Crippen molar-refractivity contribution in [2.24, 2.45) is 0 Å². The van der Waals surface area contributed by atoms with E-state index in [1.54, 1.807) is 12.1 Å². The first kappa shape index (κ1) is 19.4. The SMILES string of the molecule is Cc1ccc(NC(=O)[C@H]2CC(=O)Nc3nc(N4CCOCC4)nc(N)c32)cc1Cl. The summed E-state index contributed by atoms with van der Waals surface area (Å²) in [6.07, 6.45) is -0.0388. The zero-order valence-corrected chi connectivity index (χ0v) is 16.6. The molecule has 1 saturated heterocycles. The number of ether oxygens (including phenoxy) is 1. The van der Waals surface area contributed by atoms with Crippen molar-refractivity contribution in [2.75, 3.05) is 47.6 Å². The zero-order chi connectivity index (χ0) is 20.5. The van der Waals surface area contributed by atoms with Gasteiger partial charge in [-0.3, -0.25) is 9.59 Å². The lowest BCUT2D eigenvalue weighted by Crippen LogP contribution is -2.38. The second-order valence-corrected chi connectivity index (χ2v) is 7.44. The lowest BCUT2D eigenvalue weighted by molar-refractivity contribution is -0.123. The van der Waals surface area contributed by atoms with Gasteiger partial charge < -0.3 is 26.0 Å². The van der Waals surface area contributed by atoms with E-state index in [9.17, 15) is 9.59 Å². The molecule has 0 saturated carbocycles. The van der Waals surface area contributed by atoms with Crippen LogP contribution < -0.4 is 21.3 Å². The van der Waals surface area contributed by atoms with Crippen molar-refractivity contribution in [1.82, 2.24) is 9.97 Å². The Kier molecular flexibility index (Phi) is 5.25. The van der Waals surface area contributed by atoms with Crippen LogP contribution in [0.5, 0.6) is 0 Å². The Morgan fingerprint density at radius 3 is 2.83 bits per heavy atom. The first-order valence-electron chi connectivity index (χ1n) is 9.29. The summed E-state index contributed by atoms with van der Waals surface area (Å²) >= 11 is 6.13. The predicted molar refractivity (Wildman–Crippen MR) is 110 cm³/mol. The molecule has 152 valence electrons. The highest BCUT2D eigenvalue weighted by molar-refractivity contribution is 6.31. The third-order valence-electron chi connectivity index (χ3n) is 5.01. The molecule has 1 fully saturated rings. The molecule has 4 N–H and O–H groups in total. The van der Waals surface area contributed by atoms with E-state index in [4.69, 9.17) is 22.1 Å². The average molecular weight is 417 g/mol. The Bertz CT molecular complexity index is 977. The summed E-state index contributed by atoms with van der Waals surface area (Å²) in [6, 6.07) is 5.23. The van der Waals surface area contributed by atoms with Crippen molar-refractivity contribution in [1.29, 1.82) is 0 Å². The number of nitrogens with one attached hydrogen (secondary N) is 2. The minimum Gasteiger partial charge on any atom is -0.383 e. The summed E-state index contributed by atoms with van der Waals surface area (Å²) in [4.78, 5) is 36.0. The molecule has 2 amide bonds. The number of nitrogens with zero attached hydrogens (tertiary/aromatic N) is 3. The van der Waals surface area contributed by atoms with Crippen LogP contribution >= 0.6 is 11.6 Å². The summed E-state index contributed by atoms with van der Waals surface area (Å²) in [7, 11) is 0. The molecular formula is C19H21ClN6O3. The Morgan fingerprint density at radius 1 is 1.34 bits per heavy atom. The van der Waals surface area contributed by atoms with Gasteiger partial charge in [-0.15, -0.1) is 0 Å². The minimum absolute atomic E-state index is 0.0388. The molecule has 1 aromatic heterocycles. The maximum Gasteiger partial charge on any atom is 0.232 e. The molecule has 2 aliphatic heterocycles. The van der Waals surface area contributed by atoms with E-state index < -0.39 is 5.92 Å². The monoisotopic (exact) mass is 416 g/mol. The molecule has 1 atom stereocenters. The van der Waals surface area contributed by atoms with Crippen molar-refractivity contribution >= 4 is 46.7 Å². The smallest absolute Gasteiger partial charge is 0.232 e. The predicted octanol–water partition coefficient (Wildman–Crippen LogP) is 1.92. The van der Waals surface area contributed by atoms with Crippen LogP contribution in [-0.4, -0.2) is 48.1 Å². The van der Waals surface area contributed by atoms with Crippen LogP contribution in [0.15, 0.2) is 18.2 Å². The van der Waals surface area contributed by atoms with Crippen molar-refractivity contribution < 1.29 is 14.3 Å². The van der Waals surface area contributed by atoms with Crippen LogP contribution in [0.25, 0.3) is 0 Å². The van der Waals surface area contributed by atoms with Crippen molar-refractivity contribution in [3.63, 3.8) is 0 Å². The number of hydrogen-bond donors (Lipinski definition) is 3. The third-order valence-corrected chi connectivity index (χ3v) is 5.42. The van der Waals surface area contributed by atoms with E-state index in [0.717, 1.165) is 5.56 Å². The quantitative estimate of drug-likeness (QED) is 0.698. The van der Waals surface area contributed by atoms with E-state index in [-0.39, 0.29) is 29.9 Å². The molecule has 1 aromatic carbocycles. The third kappa shape index (κ3) is 3.96. The van der Waals surface area contributed by atoms with Crippen LogP contribution in [0.2, 0.25) is 5.02 Å². The van der Waals surface area contributed by atoms with E-state index in [2.05, 4.69) is 20.6 Å². The number of morpholine rings is 1. The number of aromatic nitrogens is 2. The Morgan fingerprint density at radius 2 is 2.10 bits per heavy atom. The molecule has 0 radical (unpaired) electrons. The van der Waals surface area contributed by atoms with Gasteiger partial charge in [-0.05, 0) is 24.6 Å². The molecule has 2 aliphatic rings. The van der Waals surface area contributed by atoms with Gasteiger partial charge in [0.15, 0.2) is 0 Å². The number of anilines is 4. The first-order chi connectivity index (χ1) is 13.9. The lowest BCUT2D eigenvalue weighted by atomic mass is 9.92. The van der Waals surface area contributed by atoms with E-state index in [1.807, 2.05) is 17.9 Å². The molecule has 0 unspecified atom stereocenters. The van der Waals surface area contributed by atoms with Gasteiger partial charge in [0, 0.05) is 30.2 Å². The van der Waals surface area contributed by atoms with E-state index >= 15 is 0 Å². The second kappa shape index (κ2) is 7.84. The standard InChI is InChI=1S/C19H21ClN6O3/c1-10-2-3-11(8-13(10)20)22-18(28)12-9-14(27)23-17-15(12)16(21)24-19(25-17)26-4-6-29-7-5-26/h2-3,8,12H,4-7,9H2,1H3,(H,22,28)(H3,21,23,24,25,27)/t12-/m0/s1. The normalized spacial score (nSPS) is 18.8. The largest absolute Gasteiger partial charge is 0.383 e. The van der Waals surface area contributed by atoms with Gasteiger partial charge >= 0.3 is 0 Å². The molecule has 0 aliphatic carbocycles. The van der Waals surface area contributed by atoms with Gasteiger partial charge in [-0.25, -0.2) is 0 Å². The van der Waals surface area contributed by atoms with E-state index in [0.29, 0.717) is 48.5 Å². The minimum atomic E-state index is -0.794. The maximum absolute atomic E-state index is 12.9. The Hall–Kier alpha value is -2.91. The molecular weight excluding hydrogens is 396 g/mol. The number of fused-ring (bicyclic) bond motifs is 1. The number of halogens is 1. The highest BCUT2D eigenvalue weighted by Crippen LogP contribution is 2.36. The number of nitrogen functional groups attached to an aromatic ring is 1. The van der Waals surface area contributed by atoms with Crippen LogP contribution in [0.4, 0.5) is 23.3 Å². The molecule has 2 aromatic rings. The fraction of sp³-hybridized carbons (Fsp3) is 0.368. The molecule has 10 heteroatoms. The van der Waals surface area contributed by atoms with Crippen molar-refractivity contribution in [3.8, 4) is 0 Å². The molecule has 0 bridgehead atoms. The van der Waals surface area contributed by atoms with Crippen LogP contribution in [0, 0.1) is 6.92 Å². The van der Waals surface area contributed by atoms with Gasteiger partial charge in [-0.1, -0.05) is 17.7 Å². The summed E-state index contributed by atoms with van der Waals surface area (Å²) in [5.74, 6) is -0.592. The number of carbonyl (C=O) groups excluding carboxylic acids is 2. The summed E-state index contributed by atoms with van der Waals surface area (Å²) in [5, 5.41) is 6.07. The fourth-order valence-electron chi connectivity index (χ4n) is 3.41. The highest BCUT2D eigenvalue weighted by atomic mass is 35.5. The molecule has 4 rings (SSSR count). The van der Waals surface area contributed by atoms with Gasteiger partial charge in [0.25, 0.3) is 0 Å². The van der Waals surface area contributed by atoms with Gasteiger partial charge in [-0.2, -0.15) is 9.97 Å².